The molecule has 1 aliphatic rings. The number of hydrogen-bond acceptors (Lipinski definition) is 3. The maximum absolute atomic E-state index is 14.1. The molecule has 0 bridgehead atoms. The number of imidazole rings is 2. The molecule has 3 aromatic rings. The highest BCUT2D eigenvalue weighted by molar-refractivity contribution is 5.76. The van der Waals surface area contributed by atoms with Crippen LogP contribution in [0.5, 0.6) is 0 Å². The van der Waals surface area contributed by atoms with Crippen molar-refractivity contribution in [3.05, 3.63) is 53.9 Å². The number of aliphatic imine (C=N–C) groups is 1. The van der Waals surface area contributed by atoms with Crippen molar-refractivity contribution in [3.8, 4) is 0 Å². The molecule has 0 amide bonds. The average Bonchev–Trinajstić information content (AvgIpc) is 3.19. The third-order valence-electron chi connectivity index (χ3n) is 4.31. The fourth-order valence-electron chi connectivity index (χ4n) is 3.15. The van der Waals surface area contributed by atoms with Gasteiger partial charge in [-0.05, 0) is 25.5 Å². The highest BCUT2D eigenvalue weighted by Gasteiger charge is 2.18. The van der Waals surface area contributed by atoms with E-state index in [1.165, 1.54) is 12.1 Å². The summed E-state index contributed by atoms with van der Waals surface area (Å²) in [6, 6.07) is 4.58. The van der Waals surface area contributed by atoms with E-state index in [-0.39, 0.29) is 17.3 Å². The van der Waals surface area contributed by atoms with Gasteiger partial charge in [0.1, 0.15) is 23.2 Å². The molecule has 1 aromatic carbocycles. The second-order valence-electron chi connectivity index (χ2n) is 5.89. The van der Waals surface area contributed by atoms with E-state index < -0.39 is 0 Å². The predicted molar refractivity (Wildman–Crippen MR) is 92.4 cm³/mol. The zero-order valence-electron chi connectivity index (χ0n) is 13.8. The van der Waals surface area contributed by atoms with Crippen molar-refractivity contribution >= 4 is 22.9 Å². The maximum atomic E-state index is 14.1. The molecule has 25 heavy (non-hydrogen) atoms. The predicted octanol–water partition coefficient (Wildman–Crippen LogP) is 3.94. The van der Waals surface area contributed by atoms with E-state index in [1.54, 1.807) is 24.7 Å². The van der Waals surface area contributed by atoms with E-state index in [4.69, 9.17) is 0 Å². The van der Waals surface area contributed by atoms with Crippen molar-refractivity contribution in [1.82, 2.24) is 19.1 Å². The Kier molecular flexibility index (Phi) is 3.91. The zero-order chi connectivity index (χ0) is 17.4. The first kappa shape index (κ1) is 15.7. The van der Waals surface area contributed by atoms with Gasteiger partial charge < -0.3 is 9.13 Å². The van der Waals surface area contributed by atoms with Gasteiger partial charge in [0.15, 0.2) is 5.82 Å². The van der Waals surface area contributed by atoms with Gasteiger partial charge in [-0.3, -0.25) is 4.99 Å². The monoisotopic (exact) mass is 341 g/mol. The molecule has 0 spiro atoms. The van der Waals surface area contributed by atoms with Crippen LogP contribution in [-0.2, 0) is 13.1 Å². The zero-order valence-corrected chi connectivity index (χ0v) is 13.8. The number of rotatable bonds is 4. The molecule has 0 saturated carbocycles. The van der Waals surface area contributed by atoms with Gasteiger partial charge in [0.2, 0.25) is 0 Å². The highest BCUT2D eigenvalue weighted by Crippen LogP contribution is 2.27. The van der Waals surface area contributed by atoms with Gasteiger partial charge in [0.25, 0.3) is 0 Å². The first-order chi connectivity index (χ1) is 12.2. The number of halogens is 2. The molecule has 0 saturated heterocycles. The molecule has 7 heteroatoms. The average molecular weight is 341 g/mol. The van der Waals surface area contributed by atoms with E-state index >= 15 is 0 Å². The number of aromatic nitrogens is 4. The molecule has 128 valence electrons. The molecule has 3 heterocycles. The van der Waals surface area contributed by atoms with Gasteiger partial charge in [-0.25, -0.2) is 18.7 Å². The topological polar surface area (TPSA) is 48.0 Å². The lowest BCUT2D eigenvalue weighted by atomic mass is 10.2. The molecule has 1 aliphatic heterocycles. The number of allylic oxidation sites excluding steroid dienone is 1. The summed E-state index contributed by atoms with van der Waals surface area (Å²) in [6.45, 7) is 3.12. The second-order valence-corrected chi connectivity index (χ2v) is 5.89. The Morgan fingerprint density at radius 2 is 2.12 bits per heavy atom. The maximum Gasteiger partial charge on any atom is 0.161 e. The first-order valence-electron chi connectivity index (χ1n) is 8.24. The summed E-state index contributed by atoms with van der Waals surface area (Å²) in [7, 11) is 0. The number of fused-ring (bicyclic) bond motifs is 1. The molecule has 0 fully saturated rings. The number of aryl methyl sites for hydroxylation is 1. The summed E-state index contributed by atoms with van der Waals surface area (Å²) in [5.74, 6) is 0.686. The molecule has 0 aliphatic carbocycles. The van der Waals surface area contributed by atoms with E-state index in [2.05, 4.69) is 15.0 Å². The summed E-state index contributed by atoms with van der Waals surface area (Å²) < 4.78 is 31.5. The van der Waals surface area contributed by atoms with Crippen LogP contribution < -0.4 is 0 Å². The molecule has 5 nitrogen and oxygen atoms in total. The molecular weight excluding hydrogens is 324 g/mol. The van der Waals surface area contributed by atoms with Crippen LogP contribution in [-0.4, -0.2) is 25.3 Å². The molecule has 0 radical (unpaired) electrons. The minimum Gasteiger partial charge on any atom is -0.327 e. The van der Waals surface area contributed by atoms with Crippen LogP contribution >= 0.6 is 0 Å². The van der Waals surface area contributed by atoms with Crippen molar-refractivity contribution < 1.29 is 8.78 Å². The smallest absolute Gasteiger partial charge is 0.161 e. The number of hydrogen-bond donors (Lipinski definition) is 0. The van der Waals surface area contributed by atoms with Crippen LogP contribution in [0.1, 0.15) is 31.4 Å². The normalized spacial score (nSPS) is 14.7. The minimum atomic E-state index is -0.313. The van der Waals surface area contributed by atoms with Gasteiger partial charge in [0, 0.05) is 37.6 Å². The fourth-order valence-corrected chi connectivity index (χ4v) is 3.15. The Bertz CT molecular complexity index is 996. The Morgan fingerprint density at radius 1 is 1.24 bits per heavy atom. The Labute approximate surface area is 143 Å². The van der Waals surface area contributed by atoms with Gasteiger partial charge in [-0.15, -0.1) is 0 Å². The number of nitrogens with zero attached hydrogens (tertiary/aromatic N) is 5. The van der Waals surface area contributed by atoms with Gasteiger partial charge >= 0.3 is 0 Å². The molecule has 2 aromatic heterocycles. The lowest BCUT2D eigenvalue weighted by Crippen LogP contribution is -2.10. The molecule has 0 N–H and O–H groups in total. The molecular formula is C18H17F2N5. The van der Waals surface area contributed by atoms with E-state index in [0.29, 0.717) is 37.3 Å². The number of benzene rings is 1. The fraction of sp³-hybridized carbons (Fsp3) is 0.278. The standard InChI is InChI=1S/C18H17F2N5/c1-2-25-15-6-5-12(19)10-14(15)23-16(25)11-24-9-8-22-18(24)17-13(20)4-3-7-21-17/h5-10H,2-4,11H2,1H3. The van der Waals surface area contributed by atoms with Crippen molar-refractivity contribution in [2.45, 2.75) is 32.9 Å². The summed E-state index contributed by atoms with van der Waals surface area (Å²) in [6.07, 6.45) is 6.06. The van der Waals surface area contributed by atoms with E-state index in [9.17, 15) is 8.78 Å². The van der Waals surface area contributed by atoms with E-state index in [1.807, 2.05) is 16.1 Å². The van der Waals surface area contributed by atoms with Crippen LogP contribution in [0.3, 0.4) is 0 Å². The lowest BCUT2D eigenvalue weighted by Gasteiger charge is -2.12. The summed E-state index contributed by atoms with van der Waals surface area (Å²) in [4.78, 5) is 13.0. The summed E-state index contributed by atoms with van der Waals surface area (Å²) in [5, 5.41) is 0. The highest BCUT2D eigenvalue weighted by atomic mass is 19.1. The van der Waals surface area contributed by atoms with Gasteiger partial charge in [0.05, 0.1) is 17.6 Å². The largest absolute Gasteiger partial charge is 0.327 e. The SMILES string of the molecule is CCn1c(Cn2ccnc2C2=C(F)CCC=N2)nc2cc(F)ccc21. The van der Waals surface area contributed by atoms with Crippen LogP contribution in [0.25, 0.3) is 16.7 Å². The Balaban J connectivity index is 1.76. The second kappa shape index (κ2) is 6.23. The lowest BCUT2D eigenvalue weighted by molar-refractivity contribution is 0.590. The Morgan fingerprint density at radius 3 is 2.92 bits per heavy atom. The van der Waals surface area contributed by atoms with Crippen molar-refractivity contribution in [2.24, 2.45) is 4.99 Å². The van der Waals surface area contributed by atoms with E-state index in [0.717, 1.165) is 11.3 Å². The third-order valence-corrected chi connectivity index (χ3v) is 4.31. The van der Waals surface area contributed by atoms with Gasteiger partial charge in [-0.1, -0.05) is 0 Å². The molecule has 4 rings (SSSR count). The first-order valence-corrected chi connectivity index (χ1v) is 8.24. The van der Waals surface area contributed by atoms with Crippen molar-refractivity contribution in [3.63, 3.8) is 0 Å². The third kappa shape index (κ3) is 2.75. The van der Waals surface area contributed by atoms with Crippen LogP contribution in [0.2, 0.25) is 0 Å². The van der Waals surface area contributed by atoms with Crippen molar-refractivity contribution in [1.29, 1.82) is 0 Å². The molecule has 0 unspecified atom stereocenters. The quantitative estimate of drug-likeness (QED) is 0.721. The molecule has 0 atom stereocenters. The van der Waals surface area contributed by atoms with Crippen LogP contribution in [0, 0.1) is 5.82 Å². The van der Waals surface area contributed by atoms with Gasteiger partial charge in [-0.2, -0.15) is 0 Å². The summed E-state index contributed by atoms with van der Waals surface area (Å²) >= 11 is 0. The van der Waals surface area contributed by atoms with Crippen LogP contribution in [0.4, 0.5) is 8.78 Å². The minimum absolute atomic E-state index is 0.249. The summed E-state index contributed by atoms with van der Waals surface area (Å²) in [5.41, 5.74) is 1.77. The van der Waals surface area contributed by atoms with Crippen molar-refractivity contribution in [2.75, 3.05) is 0 Å². The Hall–Kier alpha value is -2.83. The van der Waals surface area contributed by atoms with Crippen LogP contribution in [0.15, 0.2) is 41.4 Å².